The first kappa shape index (κ1) is 18.9. The molecule has 2 aliphatic heterocycles. The van der Waals surface area contributed by atoms with Gasteiger partial charge in [0.15, 0.2) is 16.6 Å². The highest BCUT2D eigenvalue weighted by atomic mass is 32.1. The van der Waals surface area contributed by atoms with Gasteiger partial charge < -0.3 is 19.5 Å². The Bertz CT molecular complexity index is 1290. The maximum Gasteiger partial charge on any atom is 0.238 e. The van der Waals surface area contributed by atoms with Crippen molar-refractivity contribution < 1.29 is 19.0 Å². The van der Waals surface area contributed by atoms with Gasteiger partial charge in [0.1, 0.15) is 24.7 Å². The van der Waals surface area contributed by atoms with Crippen molar-refractivity contribution in [3.8, 4) is 34.3 Å². The van der Waals surface area contributed by atoms with Crippen LogP contribution in [0.1, 0.15) is 17.0 Å². The van der Waals surface area contributed by atoms with Gasteiger partial charge in [0.25, 0.3) is 0 Å². The predicted octanol–water partition coefficient (Wildman–Crippen LogP) is 5.46. The Morgan fingerprint density at radius 1 is 0.875 bits per heavy atom. The second kappa shape index (κ2) is 7.69. The average Bonchev–Trinajstić information content (AvgIpc) is 3.30. The minimum Gasteiger partial charge on any atom is -0.486 e. The molecule has 2 aliphatic rings. The molecule has 1 aromatic heterocycles. The molecule has 1 N–H and O–H groups in total. The monoisotopic (exact) mass is 442 g/mol. The Morgan fingerprint density at radius 2 is 1.56 bits per heavy atom. The van der Waals surface area contributed by atoms with Crippen molar-refractivity contribution in [3.63, 3.8) is 0 Å². The summed E-state index contributed by atoms with van der Waals surface area (Å²) in [5.41, 5.74) is 3.36. The van der Waals surface area contributed by atoms with Gasteiger partial charge in [-0.25, -0.2) is 4.98 Å². The van der Waals surface area contributed by atoms with Crippen LogP contribution in [0.4, 0.5) is 5.13 Å². The molecule has 3 heterocycles. The highest BCUT2D eigenvalue weighted by molar-refractivity contribution is 7.14. The number of hydrogen-bond donors (Lipinski definition) is 1. The molecule has 3 aromatic carbocycles. The highest BCUT2D eigenvalue weighted by Gasteiger charge is 2.32. The molecule has 1 amide bonds. The van der Waals surface area contributed by atoms with Crippen LogP contribution in [0.5, 0.6) is 23.0 Å². The minimum absolute atomic E-state index is 0.142. The first-order chi connectivity index (χ1) is 15.8. The van der Waals surface area contributed by atoms with Gasteiger partial charge in [0.05, 0.1) is 11.6 Å². The van der Waals surface area contributed by atoms with Crippen molar-refractivity contribution in [2.75, 3.05) is 18.5 Å². The largest absolute Gasteiger partial charge is 0.486 e. The Hall–Kier alpha value is -3.84. The number of carbonyl (C=O) groups excluding carboxylic acids is 1. The van der Waals surface area contributed by atoms with Crippen LogP contribution in [0.3, 0.4) is 0 Å². The number of aromatic nitrogens is 1. The summed E-state index contributed by atoms with van der Waals surface area (Å²) >= 11 is 1.39. The molecular formula is C25H18N2O4S. The molecule has 0 saturated carbocycles. The highest BCUT2D eigenvalue weighted by Crippen LogP contribution is 2.44. The standard InChI is InChI=1S/C25H18N2O4S/c28-24(23-16-5-1-3-7-19(16)31-20-8-4-2-6-17(20)23)27-25-26-18(14-32-25)15-9-10-21-22(13-15)30-12-11-29-21/h1-10,13-14,23H,11-12H2,(H,26,27,28). The van der Waals surface area contributed by atoms with E-state index in [0.29, 0.717) is 35.6 Å². The van der Waals surface area contributed by atoms with E-state index in [0.717, 1.165) is 28.1 Å². The topological polar surface area (TPSA) is 69.7 Å². The quantitative estimate of drug-likeness (QED) is 0.456. The lowest BCUT2D eigenvalue weighted by atomic mass is 9.87. The van der Waals surface area contributed by atoms with E-state index in [4.69, 9.17) is 14.2 Å². The summed E-state index contributed by atoms with van der Waals surface area (Å²) < 4.78 is 17.3. The van der Waals surface area contributed by atoms with Crippen molar-refractivity contribution in [1.29, 1.82) is 0 Å². The van der Waals surface area contributed by atoms with E-state index in [-0.39, 0.29) is 5.91 Å². The van der Waals surface area contributed by atoms with Crippen molar-refractivity contribution in [1.82, 2.24) is 4.98 Å². The van der Waals surface area contributed by atoms with Crippen molar-refractivity contribution >= 4 is 22.4 Å². The van der Waals surface area contributed by atoms with Crippen molar-refractivity contribution in [2.24, 2.45) is 0 Å². The minimum atomic E-state index is -0.474. The zero-order valence-electron chi connectivity index (χ0n) is 16.9. The normalized spacial score (nSPS) is 14.1. The molecule has 0 fully saturated rings. The number of ether oxygens (including phenoxy) is 3. The van der Waals surface area contributed by atoms with Crippen LogP contribution in [0.2, 0.25) is 0 Å². The lowest BCUT2D eigenvalue weighted by Crippen LogP contribution is -2.25. The summed E-state index contributed by atoms with van der Waals surface area (Å²) in [4.78, 5) is 18.0. The fraction of sp³-hybridized carbons (Fsp3) is 0.120. The van der Waals surface area contributed by atoms with Gasteiger partial charge in [-0.3, -0.25) is 4.79 Å². The molecule has 6 rings (SSSR count). The van der Waals surface area contributed by atoms with Gasteiger partial charge in [-0.2, -0.15) is 0 Å². The molecule has 0 radical (unpaired) electrons. The Balaban J connectivity index is 1.29. The van der Waals surface area contributed by atoms with Gasteiger partial charge in [0, 0.05) is 22.1 Å². The molecule has 6 nitrogen and oxygen atoms in total. The number of rotatable bonds is 3. The van der Waals surface area contributed by atoms with Crippen LogP contribution in [0, 0.1) is 0 Å². The molecular weight excluding hydrogens is 424 g/mol. The summed E-state index contributed by atoms with van der Waals surface area (Å²) in [6.45, 7) is 1.08. The van der Waals surface area contributed by atoms with E-state index < -0.39 is 5.92 Å². The number of nitrogens with one attached hydrogen (secondary N) is 1. The maximum atomic E-state index is 13.4. The number of benzene rings is 3. The Morgan fingerprint density at radius 3 is 2.31 bits per heavy atom. The number of hydrogen-bond acceptors (Lipinski definition) is 6. The van der Waals surface area contributed by atoms with Crippen LogP contribution in [0.15, 0.2) is 72.1 Å². The predicted molar refractivity (Wildman–Crippen MR) is 122 cm³/mol. The second-order valence-corrected chi connectivity index (χ2v) is 8.35. The van der Waals surface area contributed by atoms with Crippen LogP contribution in [-0.4, -0.2) is 24.1 Å². The van der Waals surface area contributed by atoms with E-state index in [1.165, 1.54) is 11.3 Å². The SMILES string of the molecule is O=C(Nc1nc(-c2ccc3c(c2)OCCO3)cs1)C1c2ccccc2Oc2ccccc21. The van der Waals surface area contributed by atoms with Gasteiger partial charge in [-0.15, -0.1) is 11.3 Å². The molecule has 0 atom stereocenters. The molecule has 7 heteroatoms. The lowest BCUT2D eigenvalue weighted by molar-refractivity contribution is -0.116. The van der Waals surface area contributed by atoms with E-state index in [2.05, 4.69) is 10.3 Å². The molecule has 32 heavy (non-hydrogen) atoms. The van der Waals surface area contributed by atoms with Crippen molar-refractivity contribution in [3.05, 3.63) is 83.2 Å². The number of thiazole rings is 1. The number of amides is 1. The zero-order chi connectivity index (χ0) is 21.5. The molecule has 4 aromatic rings. The number of anilines is 1. The average molecular weight is 442 g/mol. The van der Waals surface area contributed by atoms with Crippen LogP contribution >= 0.6 is 11.3 Å². The van der Waals surface area contributed by atoms with Crippen LogP contribution in [0.25, 0.3) is 11.3 Å². The number of nitrogens with zero attached hydrogens (tertiary/aromatic N) is 1. The van der Waals surface area contributed by atoms with Gasteiger partial charge in [-0.05, 0) is 30.3 Å². The first-order valence-electron chi connectivity index (χ1n) is 10.3. The summed E-state index contributed by atoms with van der Waals surface area (Å²) in [6, 6.07) is 21.0. The summed E-state index contributed by atoms with van der Waals surface area (Å²) in [5, 5.41) is 5.47. The Kier molecular flexibility index (Phi) is 4.54. The van der Waals surface area contributed by atoms with Gasteiger partial charge in [-0.1, -0.05) is 36.4 Å². The van der Waals surface area contributed by atoms with E-state index in [1.807, 2.05) is 72.1 Å². The Labute approximate surface area is 188 Å². The second-order valence-electron chi connectivity index (χ2n) is 7.50. The molecule has 0 aliphatic carbocycles. The fourth-order valence-corrected chi connectivity index (χ4v) is 4.76. The number of fused-ring (bicyclic) bond motifs is 3. The van der Waals surface area contributed by atoms with Gasteiger partial charge >= 0.3 is 0 Å². The van der Waals surface area contributed by atoms with E-state index in [1.54, 1.807) is 0 Å². The van der Waals surface area contributed by atoms with Gasteiger partial charge in [0.2, 0.25) is 5.91 Å². The lowest BCUT2D eigenvalue weighted by Gasteiger charge is -2.27. The summed E-state index contributed by atoms with van der Waals surface area (Å²) in [6.07, 6.45) is 0. The van der Waals surface area contributed by atoms with E-state index >= 15 is 0 Å². The van der Waals surface area contributed by atoms with Crippen LogP contribution < -0.4 is 19.5 Å². The van der Waals surface area contributed by atoms with E-state index in [9.17, 15) is 4.79 Å². The number of para-hydroxylation sites is 2. The summed E-state index contributed by atoms with van der Waals surface area (Å²) in [5.74, 6) is 2.22. The van der Waals surface area contributed by atoms with Crippen molar-refractivity contribution in [2.45, 2.75) is 5.92 Å². The smallest absolute Gasteiger partial charge is 0.238 e. The molecule has 0 bridgehead atoms. The summed E-state index contributed by atoms with van der Waals surface area (Å²) in [7, 11) is 0. The third-order valence-electron chi connectivity index (χ3n) is 5.51. The molecule has 0 saturated heterocycles. The fourth-order valence-electron chi connectivity index (χ4n) is 4.04. The molecule has 0 spiro atoms. The number of carbonyl (C=O) groups is 1. The third-order valence-corrected chi connectivity index (χ3v) is 6.27. The zero-order valence-corrected chi connectivity index (χ0v) is 17.7. The molecule has 158 valence electrons. The third kappa shape index (κ3) is 3.27. The van der Waals surface area contributed by atoms with Crippen LogP contribution in [-0.2, 0) is 4.79 Å². The first-order valence-corrected chi connectivity index (χ1v) is 11.2. The maximum absolute atomic E-state index is 13.4. The molecule has 0 unspecified atom stereocenters.